The van der Waals surface area contributed by atoms with Gasteiger partial charge in [-0.15, -0.1) is 0 Å². The first-order valence-corrected chi connectivity index (χ1v) is 6.51. The third-order valence-corrected chi connectivity index (χ3v) is 4.22. The van der Waals surface area contributed by atoms with Crippen LogP contribution < -0.4 is 5.32 Å². The Labute approximate surface area is 107 Å². The molecule has 0 aliphatic heterocycles. The zero-order chi connectivity index (χ0) is 12.0. The van der Waals surface area contributed by atoms with Crippen molar-refractivity contribution in [2.75, 3.05) is 7.05 Å². The Morgan fingerprint density at radius 2 is 2.24 bits per heavy atom. The fourth-order valence-electron chi connectivity index (χ4n) is 3.00. The van der Waals surface area contributed by atoms with E-state index in [4.69, 9.17) is 11.6 Å². The first-order chi connectivity index (χ1) is 8.20. The zero-order valence-electron chi connectivity index (χ0n) is 10.3. The largest absolute Gasteiger partial charge is 0.347 e. The smallest absolute Gasteiger partial charge is 0.0483 e. The Hall–Kier alpha value is -0.990. The highest BCUT2D eigenvalue weighted by atomic mass is 35.5. The first kappa shape index (κ1) is 11.1. The monoisotopic (exact) mass is 248 g/mol. The summed E-state index contributed by atoms with van der Waals surface area (Å²) in [6, 6.07) is 6.82. The van der Waals surface area contributed by atoms with Crippen LogP contribution in [-0.4, -0.2) is 17.7 Å². The Morgan fingerprint density at radius 1 is 1.41 bits per heavy atom. The average molecular weight is 249 g/mol. The van der Waals surface area contributed by atoms with Crippen LogP contribution in [0.4, 0.5) is 0 Å². The van der Waals surface area contributed by atoms with Crippen molar-refractivity contribution in [3.63, 3.8) is 0 Å². The second-order valence-electron chi connectivity index (χ2n) is 4.87. The van der Waals surface area contributed by atoms with E-state index in [-0.39, 0.29) is 0 Å². The van der Waals surface area contributed by atoms with Crippen LogP contribution in [0.3, 0.4) is 0 Å². The van der Waals surface area contributed by atoms with Crippen molar-refractivity contribution in [2.24, 2.45) is 7.05 Å². The van der Waals surface area contributed by atoms with Crippen LogP contribution in [0, 0.1) is 0 Å². The van der Waals surface area contributed by atoms with Crippen LogP contribution in [0.15, 0.2) is 18.2 Å². The Bertz CT molecular complexity index is 571. The van der Waals surface area contributed by atoms with E-state index in [1.165, 1.54) is 28.6 Å². The van der Waals surface area contributed by atoms with Crippen molar-refractivity contribution in [3.05, 3.63) is 34.5 Å². The quantitative estimate of drug-likeness (QED) is 0.821. The van der Waals surface area contributed by atoms with Gasteiger partial charge in [-0.1, -0.05) is 11.6 Å². The molecule has 1 heterocycles. The normalized spacial score (nSPS) is 19.6. The van der Waals surface area contributed by atoms with Crippen LogP contribution in [-0.2, 0) is 19.9 Å². The van der Waals surface area contributed by atoms with E-state index in [0.717, 1.165) is 17.9 Å². The van der Waals surface area contributed by atoms with Gasteiger partial charge in [0.25, 0.3) is 0 Å². The minimum absolute atomic E-state index is 0.604. The predicted octanol–water partition coefficient (Wildman–Crippen LogP) is 2.91. The summed E-state index contributed by atoms with van der Waals surface area (Å²) in [6.45, 7) is 0. The van der Waals surface area contributed by atoms with Crippen LogP contribution in [0.2, 0.25) is 5.02 Å². The van der Waals surface area contributed by atoms with E-state index in [0.29, 0.717) is 6.04 Å². The number of fused-ring (bicyclic) bond motifs is 3. The fraction of sp³-hybridized carbons (Fsp3) is 0.429. The molecule has 0 saturated carbocycles. The molecule has 0 saturated heterocycles. The number of aromatic nitrogens is 1. The van der Waals surface area contributed by atoms with Gasteiger partial charge in [0.05, 0.1) is 0 Å². The van der Waals surface area contributed by atoms with Gasteiger partial charge in [0.2, 0.25) is 0 Å². The Kier molecular flexibility index (Phi) is 2.64. The number of hydrogen-bond acceptors (Lipinski definition) is 1. The van der Waals surface area contributed by atoms with E-state index >= 15 is 0 Å². The molecule has 1 aromatic heterocycles. The highest BCUT2D eigenvalue weighted by molar-refractivity contribution is 6.31. The summed E-state index contributed by atoms with van der Waals surface area (Å²) in [5.41, 5.74) is 4.26. The average Bonchev–Trinajstić information content (AvgIpc) is 2.62. The van der Waals surface area contributed by atoms with Crippen molar-refractivity contribution in [3.8, 4) is 0 Å². The van der Waals surface area contributed by atoms with Crippen molar-refractivity contribution < 1.29 is 0 Å². The number of rotatable bonds is 1. The minimum atomic E-state index is 0.604. The third kappa shape index (κ3) is 1.67. The second-order valence-corrected chi connectivity index (χ2v) is 5.31. The summed E-state index contributed by atoms with van der Waals surface area (Å²) in [5.74, 6) is 0. The highest BCUT2D eigenvalue weighted by Gasteiger charge is 2.23. The lowest BCUT2D eigenvalue weighted by Crippen LogP contribution is -2.31. The molecule has 0 spiro atoms. The fourth-order valence-corrected chi connectivity index (χ4v) is 3.17. The van der Waals surface area contributed by atoms with Crippen LogP contribution in [0.1, 0.15) is 17.7 Å². The van der Waals surface area contributed by atoms with Gasteiger partial charge < -0.3 is 9.88 Å². The lowest BCUT2D eigenvalue weighted by atomic mass is 9.91. The lowest BCUT2D eigenvalue weighted by molar-refractivity contribution is 0.488. The molecule has 1 aromatic carbocycles. The van der Waals surface area contributed by atoms with Crippen LogP contribution >= 0.6 is 11.6 Å². The lowest BCUT2D eigenvalue weighted by Gasteiger charge is -2.22. The number of likely N-dealkylation sites (N-methyl/N-ethyl adjacent to an activating group) is 1. The molecule has 0 fully saturated rings. The Balaban J connectivity index is 2.23. The van der Waals surface area contributed by atoms with Gasteiger partial charge in [0.1, 0.15) is 0 Å². The molecule has 2 aromatic rings. The molecule has 1 N–H and O–H groups in total. The molecular weight excluding hydrogens is 232 g/mol. The topological polar surface area (TPSA) is 17.0 Å². The third-order valence-electron chi connectivity index (χ3n) is 3.99. The van der Waals surface area contributed by atoms with Crippen molar-refractivity contribution in [2.45, 2.75) is 25.3 Å². The summed E-state index contributed by atoms with van der Waals surface area (Å²) in [5, 5.41) is 5.55. The summed E-state index contributed by atoms with van der Waals surface area (Å²) < 4.78 is 2.33. The molecule has 1 atom stereocenters. The maximum Gasteiger partial charge on any atom is 0.0483 e. The minimum Gasteiger partial charge on any atom is -0.347 e. The molecule has 1 aliphatic rings. The van der Waals surface area contributed by atoms with Gasteiger partial charge in [-0.25, -0.2) is 0 Å². The predicted molar refractivity (Wildman–Crippen MR) is 72.8 cm³/mol. The van der Waals surface area contributed by atoms with Crippen LogP contribution in [0.5, 0.6) is 0 Å². The van der Waals surface area contributed by atoms with E-state index in [1.807, 2.05) is 13.1 Å². The number of aryl methyl sites for hydroxylation is 1. The van der Waals surface area contributed by atoms with E-state index < -0.39 is 0 Å². The summed E-state index contributed by atoms with van der Waals surface area (Å²) >= 11 is 6.12. The molecular formula is C14H17ClN2. The van der Waals surface area contributed by atoms with E-state index in [2.05, 4.69) is 29.1 Å². The molecule has 0 amide bonds. The molecule has 0 radical (unpaired) electrons. The van der Waals surface area contributed by atoms with Gasteiger partial charge in [-0.05, 0) is 50.1 Å². The van der Waals surface area contributed by atoms with Gasteiger partial charge in [0.15, 0.2) is 0 Å². The summed E-state index contributed by atoms with van der Waals surface area (Å²) in [4.78, 5) is 0. The van der Waals surface area contributed by atoms with Crippen molar-refractivity contribution in [1.82, 2.24) is 9.88 Å². The van der Waals surface area contributed by atoms with Gasteiger partial charge in [0, 0.05) is 34.7 Å². The molecule has 17 heavy (non-hydrogen) atoms. The molecule has 1 aliphatic carbocycles. The van der Waals surface area contributed by atoms with Gasteiger partial charge in [-0.2, -0.15) is 0 Å². The van der Waals surface area contributed by atoms with Gasteiger partial charge in [-0.3, -0.25) is 0 Å². The van der Waals surface area contributed by atoms with Crippen molar-refractivity contribution in [1.29, 1.82) is 0 Å². The Morgan fingerprint density at radius 3 is 3.00 bits per heavy atom. The van der Waals surface area contributed by atoms with E-state index in [9.17, 15) is 0 Å². The molecule has 2 nitrogen and oxygen atoms in total. The standard InChI is InChI=1S/C14H17ClN2/c1-16-10-4-6-14-12(8-10)11-7-9(15)3-5-13(11)17(14)2/h3,5,7,10,16H,4,6,8H2,1-2H3. The SMILES string of the molecule is CNC1CCc2c(c3cc(Cl)ccc3n2C)C1. The number of nitrogens with one attached hydrogen (secondary N) is 1. The number of halogens is 1. The van der Waals surface area contributed by atoms with Crippen molar-refractivity contribution >= 4 is 22.5 Å². The highest BCUT2D eigenvalue weighted by Crippen LogP contribution is 2.32. The first-order valence-electron chi connectivity index (χ1n) is 6.13. The molecule has 90 valence electrons. The van der Waals surface area contributed by atoms with Crippen LogP contribution in [0.25, 0.3) is 10.9 Å². The van der Waals surface area contributed by atoms with Gasteiger partial charge >= 0.3 is 0 Å². The number of hydrogen-bond donors (Lipinski definition) is 1. The second kappa shape index (κ2) is 4.04. The molecule has 3 rings (SSSR count). The maximum atomic E-state index is 6.12. The molecule has 0 bridgehead atoms. The number of benzene rings is 1. The molecule has 1 unspecified atom stereocenters. The molecule has 3 heteroatoms. The van der Waals surface area contributed by atoms with E-state index in [1.54, 1.807) is 0 Å². The number of nitrogens with zero attached hydrogens (tertiary/aromatic N) is 1. The zero-order valence-corrected chi connectivity index (χ0v) is 11.0. The maximum absolute atomic E-state index is 6.12. The summed E-state index contributed by atoms with van der Waals surface area (Å²) in [6.07, 6.45) is 3.49. The summed E-state index contributed by atoms with van der Waals surface area (Å²) in [7, 11) is 4.21.